The number of Topliss-reactive ketones (excluding diaryl/α,β-unsaturated/α-hetero) is 1. The van der Waals surface area contributed by atoms with Gasteiger partial charge in [0, 0.05) is 25.1 Å². The largest absolute Gasteiger partial charge is 0.507 e. The summed E-state index contributed by atoms with van der Waals surface area (Å²) in [5, 5.41) is 24.2. The fraction of sp³-hybridized carbons (Fsp3) is 0.742. The van der Waals surface area contributed by atoms with Gasteiger partial charge in [0.1, 0.15) is 11.5 Å². The van der Waals surface area contributed by atoms with E-state index in [1.807, 2.05) is 0 Å². The maximum atomic E-state index is 13.5. The Morgan fingerprint density at radius 1 is 0.703 bits per heavy atom. The number of urea groups is 1. The molecule has 3 N–H and O–H groups in total. The fourth-order valence-electron chi connectivity index (χ4n) is 4.70. The Morgan fingerprint density at radius 3 is 1.73 bits per heavy atom. The van der Waals surface area contributed by atoms with Crippen LogP contribution in [0.4, 0.5) is 10.5 Å². The summed E-state index contributed by atoms with van der Waals surface area (Å²) < 4.78 is 0. The van der Waals surface area contributed by atoms with Crippen molar-refractivity contribution in [3.05, 3.63) is 17.7 Å². The maximum absolute atomic E-state index is 13.5. The van der Waals surface area contributed by atoms with Gasteiger partial charge in [-0.3, -0.25) is 4.79 Å². The molecule has 1 aromatic rings. The number of ketones is 1. The molecule has 1 rings (SSSR count). The lowest BCUT2D eigenvalue weighted by Crippen LogP contribution is -2.36. The minimum Gasteiger partial charge on any atom is -0.507 e. The summed E-state index contributed by atoms with van der Waals surface area (Å²) >= 11 is 0. The van der Waals surface area contributed by atoms with Crippen molar-refractivity contribution in [3.63, 3.8) is 0 Å². The predicted octanol–water partition coefficient (Wildman–Crippen LogP) is 9.05. The fourth-order valence-corrected chi connectivity index (χ4v) is 4.70. The van der Waals surface area contributed by atoms with Crippen molar-refractivity contribution in [1.29, 1.82) is 0 Å². The van der Waals surface area contributed by atoms with Gasteiger partial charge in [-0.1, -0.05) is 105 Å². The number of phenols is 2. The van der Waals surface area contributed by atoms with E-state index in [-0.39, 0.29) is 40.5 Å². The van der Waals surface area contributed by atoms with E-state index in [9.17, 15) is 19.8 Å². The molecule has 0 bridgehead atoms. The summed E-state index contributed by atoms with van der Waals surface area (Å²) in [7, 11) is 0. The first-order valence-corrected chi connectivity index (χ1v) is 15.0. The highest BCUT2D eigenvalue weighted by atomic mass is 16.3. The number of benzene rings is 1. The molecule has 6 heteroatoms. The van der Waals surface area contributed by atoms with Crippen molar-refractivity contribution < 1.29 is 19.8 Å². The van der Waals surface area contributed by atoms with Crippen LogP contribution in [0.1, 0.15) is 141 Å². The zero-order chi connectivity index (χ0) is 27.5. The third kappa shape index (κ3) is 12.7. The van der Waals surface area contributed by atoms with Crippen LogP contribution in [0, 0.1) is 5.92 Å². The van der Waals surface area contributed by atoms with E-state index >= 15 is 0 Å². The summed E-state index contributed by atoms with van der Waals surface area (Å²) in [6, 6.07) is 2.35. The van der Waals surface area contributed by atoms with Gasteiger partial charge in [-0.2, -0.15) is 0 Å². The number of nitrogens with one attached hydrogen (secondary N) is 1. The zero-order valence-corrected chi connectivity index (χ0v) is 24.1. The Bertz CT molecular complexity index is 773. The molecule has 0 aromatic heterocycles. The van der Waals surface area contributed by atoms with Gasteiger partial charge in [0.15, 0.2) is 5.78 Å². The second-order valence-electron chi connectivity index (χ2n) is 10.5. The van der Waals surface area contributed by atoms with Crippen molar-refractivity contribution in [2.45, 2.75) is 130 Å². The van der Waals surface area contributed by atoms with Crippen molar-refractivity contribution in [3.8, 4) is 11.5 Å². The van der Waals surface area contributed by atoms with Crippen LogP contribution in [0.15, 0.2) is 12.1 Å². The molecule has 0 aliphatic carbocycles. The standard InChI is InChI=1S/C31H54N2O4/c1-5-9-13-15-16-18-20-25(19-17-14-10-6-2)30(36)26-23-29(35)27(24-28(26)34)32-31(37)33(21-11-7-3)22-12-8-4/h23-25,34-35H,5-22H2,1-4H3,(H,32,37). The Morgan fingerprint density at radius 2 is 1.19 bits per heavy atom. The quantitative estimate of drug-likeness (QED) is 0.0655. The summed E-state index contributed by atoms with van der Waals surface area (Å²) in [6.07, 6.45) is 16.8. The topological polar surface area (TPSA) is 89.9 Å². The zero-order valence-electron chi connectivity index (χ0n) is 24.1. The molecule has 0 heterocycles. The van der Waals surface area contributed by atoms with E-state index in [4.69, 9.17) is 0 Å². The number of aromatic hydroxyl groups is 2. The van der Waals surface area contributed by atoms with Crippen LogP contribution < -0.4 is 5.32 Å². The molecule has 0 aliphatic heterocycles. The van der Waals surface area contributed by atoms with Crippen LogP contribution >= 0.6 is 0 Å². The van der Waals surface area contributed by atoms with Crippen LogP contribution in [0.5, 0.6) is 11.5 Å². The van der Waals surface area contributed by atoms with E-state index in [1.54, 1.807) is 4.90 Å². The van der Waals surface area contributed by atoms with Gasteiger partial charge >= 0.3 is 6.03 Å². The molecule has 0 saturated heterocycles. The summed E-state index contributed by atoms with van der Waals surface area (Å²) in [6.45, 7) is 9.83. The molecule has 6 nitrogen and oxygen atoms in total. The summed E-state index contributed by atoms with van der Waals surface area (Å²) in [4.78, 5) is 28.1. The Balaban J connectivity index is 2.94. The molecular weight excluding hydrogens is 464 g/mol. The average molecular weight is 519 g/mol. The maximum Gasteiger partial charge on any atom is 0.321 e. The number of rotatable bonds is 21. The third-order valence-corrected chi connectivity index (χ3v) is 7.15. The lowest BCUT2D eigenvalue weighted by molar-refractivity contribution is 0.0898. The Labute approximate surface area is 226 Å². The van der Waals surface area contributed by atoms with Crippen molar-refractivity contribution in [2.75, 3.05) is 18.4 Å². The van der Waals surface area contributed by atoms with Crippen LogP contribution in [0.3, 0.4) is 0 Å². The molecule has 0 radical (unpaired) electrons. The molecule has 1 unspecified atom stereocenters. The van der Waals surface area contributed by atoms with Crippen molar-refractivity contribution >= 4 is 17.5 Å². The van der Waals surface area contributed by atoms with Crippen molar-refractivity contribution in [2.24, 2.45) is 5.92 Å². The number of nitrogens with zero attached hydrogens (tertiary/aromatic N) is 1. The molecule has 0 fully saturated rings. The highest BCUT2D eigenvalue weighted by molar-refractivity contribution is 6.02. The van der Waals surface area contributed by atoms with Gasteiger partial charge < -0.3 is 20.4 Å². The highest BCUT2D eigenvalue weighted by Crippen LogP contribution is 2.35. The van der Waals surface area contributed by atoms with E-state index in [0.717, 1.165) is 77.0 Å². The Kier molecular flexibility index (Phi) is 17.6. The normalized spacial score (nSPS) is 11.9. The molecule has 1 atom stereocenters. The average Bonchev–Trinajstić information content (AvgIpc) is 2.88. The number of amides is 2. The SMILES string of the molecule is CCCCCCCCC(CCCCCC)C(=O)c1cc(O)c(NC(=O)N(CCCC)CCCC)cc1O. The third-order valence-electron chi connectivity index (χ3n) is 7.15. The minimum absolute atomic E-state index is 0.108. The van der Waals surface area contributed by atoms with E-state index in [2.05, 4.69) is 33.0 Å². The van der Waals surface area contributed by atoms with Gasteiger partial charge in [-0.25, -0.2) is 4.79 Å². The molecule has 1 aromatic carbocycles. The number of carbonyl (C=O) groups excluding carboxylic acids is 2. The number of anilines is 1. The van der Waals surface area contributed by atoms with Gasteiger partial charge in [0.25, 0.3) is 0 Å². The number of unbranched alkanes of at least 4 members (excludes halogenated alkanes) is 10. The van der Waals surface area contributed by atoms with Crippen LogP contribution in [-0.2, 0) is 0 Å². The summed E-state index contributed by atoms with van der Waals surface area (Å²) in [5.41, 5.74) is 0.281. The molecule has 0 aliphatic rings. The van der Waals surface area contributed by atoms with E-state index < -0.39 is 0 Å². The predicted molar refractivity (Wildman–Crippen MR) is 155 cm³/mol. The molecule has 0 spiro atoms. The molecule has 37 heavy (non-hydrogen) atoms. The first kappa shape index (κ1) is 32.8. The monoisotopic (exact) mass is 518 g/mol. The second kappa shape index (κ2) is 19.8. The minimum atomic E-state index is -0.299. The van der Waals surface area contributed by atoms with Crippen LogP contribution in [0.2, 0.25) is 0 Å². The number of phenolic OH excluding ortho intramolecular Hbond substituents is 2. The van der Waals surface area contributed by atoms with Gasteiger partial charge in [0.05, 0.1) is 11.3 Å². The second-order valence-corrected chi connectivity index (χ2v) is 10.5. The number of carbonyl (C=O) groups is 2. The number of hydrogen-bond donors (Lipinski definition) is 3. The highest BCUT2D eigenvalue weighted by Gasteiger charge is 2.24. The first-order chi connectivity index (χ1) is 17.9. The van der Waals surface area contributed by atoms with E-state index in [0.29, 0.717) is 13.1 Å². The molecule has 2 amide bonds. The number of hydrogen-bond acceptors (Lipinski definition) is 4. The van der Waals surface area contributed by atoms with Gasteiger partial charge in [-0.05, 0) is 31.7 Å². The van der Waals surface area contributed by atoms with Gasteiger partial charge in [0.2, 0.25) is 0 Å². The lowest BCUT2D eigenvalue weighted by Gasteiger charge is -2.23. The van der Waals surface area contributed by atoms with Crippen LogP contribution in [0.25, 0.3) is 0 Å². The summed E-state index contributed by atoms with van der Waals surface area (Å²) in [5.74, 6) is -0.645. The van der Waals surface area contributed by atoms with Crippen LogP contribution in [-0.4, -0.2) is 40.0 Å². The lowest BCUT2D eigenvalue weighted by atomic mass is 9.87. The first-order valence-electron chi connectivity index (χ1n) is 15.0. The molecular formula is C31H54N2O4. The van der Waals surface area contributed by atoms with E-state index in [1.165, 1.54) is 37.8 Å². The smallest absolute Gasteiger partial charge is 0.321 e. The Hall–Kier alpha value is -2.24. The molecule has 0 saturated carbocycles. The molecule has 212 valence electrons. The van der Waals surface area contributed by atoms with Gasteiger partial charge in [-0.15, -0.1) is 0 Å². The van der Waals surface area contributed by atoms with Crippen molar-refractivity contribution in [1.82, 2.24) is 4.90 Å².